The van der Waals surface area contributed by atoms with E-state index in [2.05, 4.69) is 136 Å². The molecule has 4 heteroatoms. The van der Waals surface area contributed by atoms with Crippen molar-refractivity contribution in [2.75, 3.05) is 0 Å². The van der Waals surface area contributed by atoms with Crippen molar-refractivity contribution in [1.82, 2.24) is 19.1 Å². The van der Waals surface area contributed by atoms with Crippen molar-refractivity contribution in [2.45, 2.75) is 63.2 Å². The van der Waals surface area contributed by atoms with E-state index in [4.69, 9.17) is 0 Å². The highest BCUT2D eigenvalue weighted by Gasteiger charge is 2.45. The van der Waals surface area contributed by atoms with E-state index in [1.165, 1.54) is 73.9 Å². The number of rotatable bonds is 10. The second kappa shape index (κ2) is 13.5. The minimum absolute atomic E-state index is 0.115. The summed E-state index contributed by atoms with van der Waals surface area (Å²) in [6.07, 6.45) is 17.6. The summed E-state index contributed by atoms with van der Waals surface area (Å²) in [6.45, 7) is 0. The first kappa shape index (κ1) is 31.3. The van der Waals surface area contributed by atoms with Crippen LogP contribution in [0, 0.1) is 5.92 Å². The van der Waals surface area contributed by atoms with E-state index in [1.54, 1.807) is 0 Å². The number of aromatic nitrogens is 4. The number of pyridine rings is 2. The van der Waals surface area contributed by atoms with Gasteiger partial charge in [-0.25, -0.2) is 0 Å². The Morgan fingerprint density at radius 3 is 1.47 bits per heavy atom. The molecule has 3 aromatic carbocycles. The molecule has 1 aliphatic rings. The van der Waals surface area contributed by atoms with Crippen LogP contribution in [0.3, 0.4) is 0 Å². The fraction of sp³-hybridized carbons (Fsp3) is 0.289. The van der Waals surface area contributed by atoms with Gasteiger partial charge in [0.25, 0.3) is 0 Å². The third-order valence-corrected chi connectivity index (χ3v) is 11.5. The predicted octanol–water partition coefficient (Wildman–Crippen LogP) is 9.75. The second-order valence-corrected chi connectivity index (χ2v) is 14.2. The van der Waals surface area contributed by atoms with Crippen LogP contribution in [-0.4, -0.2) is 19.1 Å². The standard InChI is InChI=1S/C45H46N4/c1-48-41-14-8-6-12-37(41)39(18-16-33-22-28-46-29-23-33)43(48)45(26-20-36(21-27-45)32-35-10-4-3-5-11-35)44-40(19-17-34-24-30-47-31-25-34)38-13-7-9-15-42(38)49(44)2/h3-15,22-25,28-31,36H,16-21,26-27,32H2,1-2H3. The Hall–Kier alpha value is -4.96. The normalized spacial score (nSPS) is 14.9. The maximum Gasteiger partial charge on any atom is 0.0514 e. The number of nitrogens with zero attached hydrogens (tertiary/aromatic N) is 4. The molecule has 1 aliphatic carbocycles. The summed E-state index contributed by atoms with van der Waals surface area (Å²) in [5.74, 6) is 0.681. The minimum atomic E-state index is -0.115. The molecule has 0 spiro atoms. The molecule has 0 amide bonds. The first-order chi connectivity index (χ1) is 24.1. The molecule has 4 nitrogen and oxygen atoms in total. The molecule has 7 aromatic rings. The quantitative estimate of drug-likeness (QED) is 0.149. The highest BCUT2D eigenvalue weighted by Crippen LogP contribution is 2.52. The Bertz CT molecular complexity index is 2040. The molecule has 0 unspecified atom stereocenters. The highest BCUT2D eigenvalue weighted by molar-refractivity contribution is 5.89. The van der Waals surface area contributed by atoms with Crippen LogP contribution < -0.4 is 0 Å². The van der Waals surface area contributed by atoms with E-state index in [1.807, 2.05) is 24.8 Å². The van der Waals surface area contributed by atoms with Gasteiger partial charge in [0.15, 0.2) is 0 Å². The third kappa shape index (κ3) is 5.88. The largest absolute Gasteiger partial charge is 0.346 e. The molecule has 1 fully saturated rings. The van der Waals surface area contributed by atoms with Gasteiger partial charge in [0, 0.05) is 72.1 Å². The molecular formula is C45H46N4. The van der Waals surface area contributed by atoms with Crippen LogP contribution in [0.5, 0.6) is 0 Å². The van der Waals surface area contributed by atoms with Crippen molar-refractivity contribution in [2.24, 2.45) is 20.0 Å². The van der Waals surface area contributed by atoms with Crippen LogP contribution in [0.2, 0.25) is 0 Å². The summed E-state index contributed by atoms with van der Waals surface area (Å²) in [6, 6.07) is 38.1. The Kier molecular flexibility index (Phi) is 8.63. The molecule has 0 N–H and O–H groups in total. The zero-order valence-corrected chi connectivity index (χ0v) is 28.9. The molecule has 4 aromatic heterocycles. The van der Waals surface area contributed by atoms with Gasteiger partial charge in [0.2, 0.25) is 0 Å². The zero-order chi connectivity index (χ0) is 33.2. The Morgan fingerprint density at radius 1 is 0.531 bits per heavy atom. The van der Waals surface area contributed by atoms with E-state index in [0.717, 1.165) is 44.9 Å². The summed E-state index contributed by atoms with van der Waals surface area (Å²) in [7, 11) is 4.68. The smallest absolute Gasteiger partial charge is 0.0514 e. The van der Waals surface area contributed by atoms with Gasteiger partial charge in [-0.05, 0) is 128 Å². The van der Waals surface area contributed by atoms with Crippen molar-refractivity contribution in [3.05, 3.63) is 167 Å². The lowest BCUT2D eigenvalue weighted by molar-refractivity contribution is 0.247. The molecule has 246 valence electrons. The van der Waals surface area contributed by atoms with Crippen LogP contribution >= 0.6 is 0 Å². The van der Waals surface area contributed by atoms with Crippen LogP contribution in [0.1, 0.15) is 64.9 Å². The summed E-state index contributed by atoms with van der Waals surface area (Å²) in [5, 5.41) is 2.80. The van der Waals surface area contributed by atoms with Crippen molar-refractivity contribution >= 4 is 21.8 Å². The monoisotopic (exact) mass is 642 g/mol. The summed E-state index contributed by atoms with van der Waals surface area (Å²) < 4.78 is 5.16. The predicted molar refractivity (Wildman–Crippen MR) is 202 cm³/mol. The van der Waals surface area contributed by atoms with E-state index < -0.39 is 0 Å². The van der Waals surface area contributed by atoms with Gasteiger partial charge < -0.3 is 9.13 Å². The zero-order valence-electron chi connectivity index (χ0n) is 28.9. The van der Waals surface area contributed by atoms with Crippen molar-refractivity contribution in [3.63, 3.8) is 0 Å². The van der Waals surface area contributed by atoms with E-state index in [-0.39, 0.29) is 5.41 Å². The lowest BCUT2D eigenvalue weighted by Gasteiger charge is -2.43. The van der Waals surface area contributed by atoms with Crippen molar-refractivity contribution < 1.29 is 0 Å². The maximum atomic E-state index is 4.30. The third-order valence-electron chi connectivity index (χ3n) is 11.5. The molecule has 0 aliphatic heterocycles. The van der Waals surface area contributed by atoms with Gasteiger partial charge in [-0.15, -0.1) is 0 Å². The molecule has 0 atom stereocenters. The molecule has 4 heterocycles. The van der Waals surface area contributed by atoms with Gasteiger partial charge in [-0.2, -0.15) is 0 Å². The van der Waals surface area contributed by atoms with Crippen LogP contribution in [0.4, 0.5) is 0 Å². The van der Waals surface area contributed by atoms with Crippen LogP contribution in [-0.2, 0) is 51.6 Å². The topological polar surface area (TPSA) is 35.6 Å². The number of benzene rings is 3. The van der Waals surface area contributed by atoms with Gasteiger partial charge in [0.1, 0.15) is 0 Å². The first-order valence-corrected chi connectivity index (χ1v) is 18.1. The summed E-state index contributed by atoms with van der Waals surface area (Å²) >= 11 is 0. The van der Waals surface area contributed by atoms with E-state index in [0.29, 0.717) is 5.92 Å². The fourth-order valence-electron chi connectivity index (χ4n) is 9.21. The second-order valence-electron chi connectivity index (χ2n) is 14.2. The Morgan fingerprint density at radius 2 is 0.980 bits per heavy atom. The van der Waals surface area contributed by atoms with Crippen molar-refractivity contribution in [3.8, 4) is 0 Å². The molecule has 0 saturated heterocycles. The van der Waals surface area contributed by atoms with Crippen LogP contribution in [0.15, 0.2) is 128 Å². The molecule has 0 radical (unpaired) electrons. The molecule has 0 bridgehead atoms. The Balaban J connectivity index is 1.31. The fourth-order valence-corrected chi connectivity index (χ4v) is 9.21. The average molecular weight is 643 g/mol. The molecule has 49 heavy (non-hydrogen) atoms. The van der Waals surface area contributed by atoms with Gasteiger partial charge in [-0.3, -0.25) is 9.97 Å². The molecular weight excluding hydrogens is 597 g/mol. The van der Waals surface area contributed by atoms with Crippen molar-refractivity contribution in [1.29, 1.82) is 0 Å². The van der Waals surface area contributed by atoms with Crippen LogP contribution in [0.25, 0.3) is 21.8 Å². The molecule has 1 saturated carbocycles. The van der Waals surface area contributed by atoms with Gasteiger partial charge >= 0.3 is 0 Å². The van der Waals surface area contributed by atoms with E-state index >= 15 is 0 Å². The lowest BCUT2D eigenvalue weighted by atomic mass is 9.63. The SMILES string of the molecule is Cn1c(C2(c3c(CCc4ccncc4)c4ccccc4n3C)CCC(Cc3ccccc3)CC2)c(CCc2ccncc2)c2ccccc21. The number of hydrogen-bond donors (Lipinski definition) is 0. The van der Waals surface area contributed by atoms with Gasteiger partial charge in [0.05, 0.1) is 5.41 Å². The Labute approximate surface area is 290 Å². The highest BCUT2D eigenvalue weighted by atomic mass is 15.0. The maximum absolute atomic E-state index is 4.30. The summed E-state index contributed by atoms with van der Waals surface area (Å²) in [4.78, 5) is 8.60. The molecule has 8 rings (SSSR count). The lowest BCUT2D eigenvalue weighted by Crippen LogP contribution is -2.38. The minimum Gasteiger partial charge on any atom is -0.346 e. The number of aryl methyl sites for hydroxylation is 6. The average Bonchev–Trinajstić information content (AvgIpc) is 3.62. The van der Waals surface area contributed by atoms with Gasteiger partial charge in [-0.1, -0.05) is 66.7 Å². The first-order valence-electron chi connectivity index (χ1n) is 18.1. The number of hydrogen-bond acceptors (Lipinski definition) is 2. The summed E-state index contributed by atoms with van der Waals surface area (Å²) in [5.41, 5.74) is 12.8. The number of fused-ring (bicyclic) bond motifs is 2. The number of para-hydroxylation sites is 2. The van der Waals surface area contributed by atoms with E-state index in [9.17, 15) is 0 Å².